The van der Waals surface area contributed by atoms with Crippen molar-refractivity contribution in [3.8, 4) is 0 Å². The monoisotopic (exact) mass is 151 g/mol. The molecule has 1 aliphatic carbocycles. The Hall–Kier alpha value is -0.960. The van der Waals surface area contributed by atoms with Crippen LogP contribution in [0.3, 0.4) is 0 Å². The van der Waals surface area contributed by atoms with Crippen molar-refractivity contribution in [1.82, 2.24) is 4.37 Å². The van der Waals surface area contributed by atoms with Crippen molar-refractivity contribution in [2.75, 3.05) is 0 Å². The highest BCUT2D eigenvalue weighted by atomic mass is 32.1. The van der Waals surface area contributed by atoms with Gasteiger partial charge in [0.25, 0.3) is 0 Å². The third-order valence-electron chi connectivity index (χ3n) is 1.46. The van der Waals surface area contributed by atoms with Crippen LogP contribution in [0.15, 0.2) is 11.5 Å². The molecular formula is C7H5NOS. The van der Waals surface area contributed by atoms with Crippen molar-refractivity contribution >= 4 is 23.4 Å². The average Bonchev–Trinajstić information content (AvgIpc) is 2.36. The third-order valence-corrected chi connectivity index (χ3v) is 2.11. The smallest absolute Gasteiger partial charge is 0.186 e. The predicted octanol–water partition coefficient (Wildman–Crippen LogP) is 1.74. The molecule has 2 rings (SSSR count). The Labute approximate surface area is 62.4 Å². The first-order valence-corrected chi connectivity index (χ1v) is 3.86. The summed E-state index contributed by atoms with van der Waals surface area (Å²) >= 11 is 1.34. The molecule has 0 amide bonds. The van der Waals surface area contributed by atoms with Gasteiger partial charge in [0, 0.05) is 17.4 Å². The van der Waals surface area contributed by atoms with Crippen molar-refractivity contribution in [3.63, 3.8) is 0 Å². The second-order valence-electron chi connectivity index (χ2n) is 2.15. The molecule has 0 saturated carbocycles. The van der Waals surface area contributed by atoms with Crippen LogP contribution in [-0.4, -0.2) is 10.2 Å². The van der Waals surface area contributed by atoms with Gasteiger partial charge in [-0.3, -0.25) is 4.79 Å². The van der Waals surface area contributed by atoms with Crippen molar-refractivity contribution in [2.45, 2.75) is 6.42 Å². The molecule has 1 heterocycles. The molecule has 0 fully saturated rings. The van der Waals surface area contributed by atoms with Crippen LogP contribution in [0.5, 0.6) is 0 Å². The minimum absolute atomic E-state index is 0.138. The quantitative estimate of drug-likeness (QED) is 0.565. The molecule has 10 heavy (non-hydrogen) atoms. The lowest BCUT2D eigenvalue weighted by molar-refractivity contribution is 0.0991. The van der Waals surface area contributed by atoms with E-state index in [1.54, 1.807) is 0 Å². The summed E-state index contributed by atoms with van der Waals surface area (Å²) in [7, 11) is 0. The van der Waals surface area contributed by atoms with Gasteiger partial charge in [-0.25, -0.2) is 0 Å². The van der Waals surface area contributed by atoms with Crippen LogP contribution in [0.25, 0.3) is 6.08 Å². The number of nitrogens with zero attached hydrogens (tertiary/aromatic N) is 1. The number of hydrogen-bond acceptors (Lipinski definition) is 3. The van der Waals surface area contributed by atoms with Gasteiger partial charge in [-0.2, -0.15) is 4.37 Å². The van der Waals surface area contributed by atoms with Crippen molar-refractivity contribution in [2.24, 2.45) is 0 Å². The topological polar surface area (TPSA) is 30.0 Å². The summed E-state index contributed by atoms with van der Waals surface area (Å²) in [6.07, 6.45) is 4.33. The first-order chi connectivity index (χ1) is 4.88. The summed E-state index contributed by atoms with van der Waals surface area (Å²) in [5.74, 6) is 0.138. The second kappa shape index (κ2) is 2.02. The zero-order chi connectivity index (χ0) is 6.97. The number of aromatic nitrogens is 1. The lowest BCUT2D eigenvalue weighted by atomic mass is 10.1. The minimum atomic E-state index is 0.138. The second-order valence-corrected chi connectivity index (χ2v) is 2.78. The fourth-order valence-electron chi connectivity index (χ4n) is 0.964. The first-order valence-electron chi connectivity index (χ1n) is 3.02. The van der Waals surface area contributed by atoms with Gasteiger partial charge < -0.3 is 0 Å². The molecule has 0 unspecified atom stereocenters. The van der Waals surface area contributed by atoms with Crippen LogP contribution in [0, 0.1) is 0 Å². The summed E-state index contributed by atoms with van der Waals surface area (Å²) in [4.78, 5) is 11.0. The van der Waals surface area contributed by atoms with Crippen LogP contribution in [0.4, 0.5) is 0 Å². The summed E-state index contributed by atoms with van der Waals surface area (Å²) in [6.45, 7) is 0. The molecule has 1 aliphatic rings. The molecule has 3 heteroatoms. The number of Topliss-reactive ketones (excluding diaryl/α,β-unsaturated/α-hetero) is 1. The Balaban J connectivity index is 2.62. The number of hydrogen-bond donors (Lipinski definition) is 0. The van der Waals surface area contributed by atoms with E-state index >= 15 is 0 Å². The van der Waals surface area contributed by atoms with E-state index in [4.69, 9.17) is 0 Å². The van der Waals surface area contributed by atoms with E-state index in [0.717, 1.165) is 5.56 Å². The van der Waals surface area contributed by atoms with E-state index in [0.29, 0.717) is 12.1 Å². The molecule has 0 aliphatic heterocycles. The zero-order valence-electron chi connectivity index (χ0n) is 5.20. The minimum Gasteiger partial charge on any atom is -0.292 e. The van der Waals surface area contributed by atoms with E-state index < -0.39 is 0 Å². The van der Waals surface area contributed by atoms with Gasteiger partial charge in [-0.1, -0.05) is 12.2 Å². The first kappa shape index (κ1) is 5.80. The molecule has 1 aromatic rings. The Bertz CT molecular complexity index is 300. The van der Waals surface area contributed by atoms with Gasteiger partial charge >= 0.3 is 0 Å². The largest absolute Gasteiger partial charge is 0.292 e. The fourth-order valence-corrected chi connectivity index (χ4v) is 1.63. The van der Waals surface area contributed by atoms with Crippen molar-refractivity contribution in [3.05, 3.63) is 22.7 Å². The van der Waals surface area contributed by atoms with Gasteiger partial charge in [0.15, 0.2) is 5.78 Å². The van der Waals surface area contributed by atoms with Gasteiger partial charge in [0.05, 0.1) is 0 Å². The number of allylic oxidation sites excluding steroid dienone is 1. The van der Waals surface area contributed by atoms with Crippen molar-refractivity contribution < 1.29 is 4.79 Å². The fraction of sp³-hybridized carbons (Fsp3) is 0.143. The third kappa shape index (κ3) is 0.708. The Morgan fingerprint density at radius 3 is 3.30 bits per heavy atom. The maximum absolute atomic E-state index is 11.0. The lowest BCUT2D eigenvalue weighted by Crippen LogP contribution is -2.02. The van der Waals surface area contributed by atoms with E-state index in [1.807, 2.05) is 17.5 Å². The Kier molecular flexibility index (Phi) is 1.17. The van der Waals surface area contributed by atoms with Crippen LogP contribution in [0.2, 0.25) is 0 Å². The van der Waals surface area contributed by atoms with Crippen LogP contribution in [-0.2, 0) is 0 Å². The van der Waals surface area contributed by atoms with Gasteiger partial charge in [0.1, 0.15) is 5.69 Å². The maximum atomic E-state index is 11.0. The molecule has 1 aromatic heterocycles. The summed E-state index contributed by atoms with van der Waals surface area (Å²) in [6, 6.07) is 0. The van der Waals surface area contributed by atoms with E-state index in [2.05, 4.69) is 4.37 Å². The number of rotatable bonds is 0. The van der Waals surface area contributed by atoms with Crippen LogP contribution in [0.1, 0.15) is 22.5 Å². The standard InChI is InChI=1S/C7H5NOS/c9-6-3-1-2-5-4-10-8-7(5)6/h1-2,4H,3H2. The summed E-state index contributed by atoms with van der Waals surface area (Å²) < 4.78 is 3.98. The summed E-state index contributed by atoms with van der Waals surface area (Å²) in [5.41, 5.74) is 1.62. The molecular weight excluding hydrogens is 146 g/mol. The van der Waals surface area contributed by atoms with Crippen molar-refractivity contribution in [1.29, 1.82) is 0 Å². The molecule has 0 radical (unpaired) electrons. The van der Waals surface area contributed by atoms with Gasteiger partial charge in [0.2, 0.25) is 0 Å². The molecule has 0 aromatic carbocycles. The van der Waals surface area contributed by atoms with E-state index in [1.165, 1.54) is 11.5 Å². The molecule has 0 saturated heterocycles. The number of carbonyl (C=O) groups excluding carboxylic acids is 1. The molecule has 0 spiro atoms. The van der Waals surface area contributed by atoms with E-state index in [9.17, 15) is 4.79 Å². The Morgan fingerprint density at radius 1 is 1.60 bits per heavy atom. The molecule has 0 bridgehead atoms. The van der Waals surface area contributed by atoms with Gasteiger partial charge in [-0.05, 0) is 11.5 Å². The van der Waals surface area contributed by atoms with Crippen LogP contribution >= 0.6 is 11.5 Å². The molecule has 2 nitrogen and oxygen atoms in total. The van der Waals surface area contributed by atoms with Gasteiger partial charge in [-0.15, -0.1) is 0 Å². The normalized spacial score (nSPS) is 15.4. The maximum Gasteiger partial charge on any atom is 0.186 e. The lowest BCUT2D eigenvalue weighted by Gasteiger charge is -1.99. The summed E-state index contributed by atoms with van der Waals surface area (Å²) in [5, 5.41) is 1.89. The molecule has 50 valence electrons. The number of carbonyl (C=O) groups is 1. The highest BCUT2D eigenvalue weighted by Crippen LogP contribution is 2.18. The molecule has 0 atom stereocenters. The SMILES string of the molecule is O=C1CC=Cc2csnc21. The highest BCUT2D eigenvalue weighted by Gasteiger charge is 2.14. The van der Waals surface area contributed by atoms with Crippen LogP contribution < -0.4 is 0 Å². The van der Waals surface area contributed by atoms with E-state index in [-0.39, 0.29) is 5.78 Å². The average molecular weight is 151 g/mol. The Morgan fingerprint density at radius 2 is 2.50 bits per heavy atom. The zero-order valence-corrected chi connectivity index (χ0v) is 6.02. The molecule has 0 N–H and O–H groups in total. The number of ketones is 1. The predicted molar refractivity (Wildman–Crippen MR) is 40.1 cm³/mol. The highest BCUT2D eigenvalue weighted by molar-refractivity contribution is 7.04. The number of fused-ring (bicyclic) bond motifs is 1.